The summed E-state index contributed by atoms with van der Waals surface area (Å²) in [6.45, 7) is 0.658. The molecule has 5 nitrogen and oxygen atoms in total. The number of carboxylic acids is 1. The van der Waals surface area contributed by atoms with Crippen molar-refractivity contribution in [2.75, 3.05) is 12.4 Å². The molecular weight excluding hydrogens is 397 g/mol. The number of ether oxygens (including phenoxy) is 2. The van der Waals surface area contributed by atoms with Gasteiger partial charge in [-0.1, -0.05) is 35.9 Å². The predicted molar refractivity (Wildman–Crippen MR) is 109 cm³/mol. The summed E-state index contributed by atoms with van der Waals surface area (Å²) >= 11 is 6.02. The second-order valence-corrected chi connectivity index (χ2v) is 6.62. The minimum atomic E-state index is -1.08. The van der Waals surface area contributed by atoms with Crippen molar-refractivity contribution < 1.29 is 23.8 Å². The molecule has 0 heterocycles. The monoisotopic (exact) mass is 415 g/mol. The van der Waals surface area contributed by atoms with Crippen molar-refractivity contribution in [3.05, 3.63) is 88.2 Å². The zero-order valence-electron chi connectivity index (χ0n) is 15.6. The number of halogens is 2. The Bertz CT molecular complexity index is 1010. The maximum absolute atomic E-state index is 13.1. The van der Waals surface area contributed by atoms with Gasteiger partial charge in [0.25, 0.3) is 0 Å². The quantitative estimate of drug-likeness (QED) is 0.517. The maximum atomic E-state index is 13.1. The highest BCUT2D eigenvalue weighted by molar-refractivity contribution is 6.33. The van der Waals surface area contributed by atoms with Crippen molar-refractivity contribution in [3.8, 4) is 11.5 Å². The summed E-state index contributed by atoms with van der Waals surface area (Å²) in [6.07, 6.45) is 0. The number of carboxylic acid groups (broad SMARTS) is 1. The van der Waals surface area contributed by atoms with E-state index in [4.69, 9.17) is 26.2 Å². The van der Waals surface area contributed by atoms with E-state index >= 15 is 0 Å². The van der Waals surface area contributed by atoms with E-state index in [1.165, 1.54) is 18.2 Å². The summed E-state index contributed by atoms with van der Waals surface area (Å²) in [6, 6.07) is 16.3. The molecule has 0 spiro atoms. The number of carbonyl (C=O) groups is 1. The standard InChI is InChI=1S/C22H19ClFNO4/c1-28-20-4-2-3-15(21(20)29-13-14-5-7-16(24)8-6-14)12-25-17-9-10-18(22(26)27)19(23)11-17/h2-11,25H,12-13H2,1H3,(H,26,27). The van der Waals surface area contributed by atoms with E-state index < -0.39 is 5.97 Å². The lowest BCUT2D eigenvalue weighted by Crippen LogP contribution is -2.06. The topological polar surface area (TPSA) is 67.8 Å². The Balaban J connectivity index is 1.76. The molecule has 0 amide bonds. The first kappa shape index (κ1) is 20.5. The Morgan fingerprint density at radius 3 is 2.55 bits per heavy atom. The highest BCUT2D eigenvalue weighted by Gasteiger charge is 2.12. The fourth-order valence-electron chi connectivity index (χ4n) is 2.76. The maximum Gasteiger partial charge on any atom is 0.337 e. The van der Waals surface area contributed by atoms with Crippen LogP contribution in [-0.4, -0.2) is 18.2 Å². The molecule has 3 aromatic rings. The van der Waals surface area contributed by atoms with Crippen LogP contribution in [0.25, 0.3) is 0 Å². The molecule has 0 aromatic heterocycles. The average molecular weight is 416 g/mol. The number of benzene rings is 3. The summed E-state index contributed by atoms with van der Waals surface area (Å²) in [5, 5.41) is 12.4. The second-order valence-electron chi connectivity index (χ2n) is 6.22. The molecule has 0 aliphatic carbocycles. The SMILES string of the molecule is COc1cccc(CNc2ccc(C(=O)O)c(Cl)c2)c1OCc1ccc(F)cc1. The third kappa shape index (κ3) is 5.18. The molecule has 7 heteroatoms. The van der Waals surface area contributed by atoms with Gasteiger partial charge in [-0.15, -0.1) is 0 Å². The number of aromatic carboxylic acids is 1. The van der Waals surface area contributed by atoms with Gasteiger partial charge < -0.3 is 19.9 Å². The van der Waals surface area contributed by atoms with Crippen molar-refractivity contribution in [2.24, 2.45) is 0 Å². The van der Waals surface area contributed by atoms with E-state index in [0.29, 0.717) is 23.7 Å². The largest absolute Gasteiger partial charge is 0.493 e. The van der Waals surface area contributed by atoms with Gasteiger partial charge >= 0.3 is 5.97 Å². The molecule has 0 saturated heterocycles. The minimum absolute atomic E-state index is 0.0434. The first-order chi connectivity index (χ1) is 14.0. The zero-order chi connectivity index (χ0) is 20.8. The van der Waals surface area contributed by atoms with Crippen LogP contribution in [0.4, 0.5) is 10.1 Å². The number of nitrogens with one attached hydrogen (secondary N) is 1. The number of hydrogen-bond donors (Lipinski definition) is 2. The van der Waals surface area contributed by atoms with E-state index in [-0.39, 0.29) is 23.0 Å². The normalized spacial score (nSPS) is 10.4. The lowest BCUT2D eigenvalue weighted by Gasteiger charge is -2.16. The van der Waals surface area contributed by atoms with Gasteiger partial charge in [-0.2, -0.15) is 0 Å². The van der Waals surface area contributed by atoms with Crippen LogP contribution in [0.2, 0.25) is 5.02 Å². The number of para-hydroxylation sites is 1. The lowest BCUT2D eigenvalue weighted by atomic mass is 10.1. The molecule has 29 heavy (non-hydrogen) atoms. The Morgan fingerprint density at radius 2 is 1.90 bits per heavy atom. The summed E-state index contributed by atoms with van der Waals surface area (Å²) in [5.74, 6) is -0.236. The summed E-state index contributed by atoms with van der Waals surface area (Å²) < 4.78 is 24.4. The highest BCUT2D eigenvalue weighted by Crippen LogP contribution is 2.32. The van der Waals surface area contributed by atoms with Gasteiger partial charge in [0.2, 0.25) is 0 Å². The molecule has 0 aliphatic heterocycles. The number of anilines is 1. The van der Waals surface area contributed by atoms with Gasteiger partial charge in [0, 0.05) is 17.8 Å². The Labute approximate surface area is 172 Å². The first-order valence-corrected chi connectivity index (χ1v) is 9.15. The Morgan fingerprint density at radius 1 is 1.14 bits per heavy atom. The molecule has 0 unspecified atom stereocenters. The van der Waals surface area contributed by atoms with E-state index in [1.807, 2.05) is 12.1 Å². The lowest BCUT2D eigenvalue weighted by molar-refractivity contribution is 0.0697. The Hall–Kier alpha value is -3.25. The fourth-order valence-corrected chi connectivity index (χ4v) is 3.02. The molecule has 0 atom stereocenters. The second kappa shape index (κ2) is 9.30. The van der Waals surface area contributed by atoms with Crippen LogP contribution in [0, 0.1) is 5.82 Å². The van der Waals surface area contributed by atoms with Crippen LogP contribution >= 0.6 is 11.6 Å². The Kier molecular flexibility index (Phi) is 6.57. The predicted octanol–water partition coefficient (Wildman–Crippen LogP) is 5.38. The van der Waals surface area contributed by atoms with Gasteiger partial charge in [-0.05, 0) is 42.0 Å². The van der Waals surface area contributed by atoms with Crippen LogP contribution in [0.5, 0.6) is 11.5 Å². The fraction of sp³-hybridized carbons (Fsp3) is 0.136. The third-order valence-corrected chi connectivity index (χ3v) is 4.57. The molecule has 2 N–H and O–H groups in total. The molecule has 0 saturated carbocycles. The molecule has 0 radical (unpaired) electrons. The van der Waals surface area contributed by atoms with Crippen LogP contribution in [0.15, 0.2) is 60.7 Å². The van der Waals surface area contributed by atoms with Crippen molar-refractivity contribution in [1.82, 2.24) is 0 Å². The van der Waals surface area contributed by atoms with Crippen LogP contribution in [0.3, 0.4) is 0 Å². The van der Waals surface area contributed by atoms with Crippen LogP contribution in [-0.2, 0) is 13.2 Å². The van der Waals surface area contributed by atoms with E-state index in [1.54, 1.807) is 37.4 Å². The van der Waals surface area contributed by atoms with Crippen molar-refractivity contribution >= 4 is 23.3 Å². The van der Waals surface area contributed by atoms with Gasteiger partial charge in [0.05, 0.1) is 17.7 Å². The average Bonchev–Trinajstić information content (AvgIpc) is 2.71. The van der Waals surface area contributed by atoms with E-state index in [0.717, 1.165) is 11.1 Å². The van der Waals surface area contributed by atoms with Crippen LogP contribution < -0.4 is 14.8 Å². The first-order valence-electron chi connectivity index (χ1n) is 8.77. The molecule has 0 fully saturated rings. The van der Waals surface area contributed by atoms with Crippen molar-refractivity contribution in [2.45, 2.75) is 13.2 Å². The molecule has 0 bridgehead atoms. The van der Waals surface area contributed by atoms with Gasteiger partial charge in [-0.3, -0.25) is 0 Å². The van der Waals surface area contributed by atoms with Gasteiger partial charge in [-0.25, -0.2) is 9.18 Å². The zero-order valence-corrected chi connectivity index (χ0v) is 16.4. The third-order valence-electron chi connectivity index (χ3n) is 4.26. The molecular formula is C22H19ClFNO4. The summed E-state index contributed by atoms with van der Waals surface area (Å²) in [7, 11) is 1.56. The molecule has 0 aliphatic rings. The number of methoxy groups -OCH3 is 1. The van der Waals surface area contributed by atoms with Gasteiger partial charge in [0.1, 0.15) is 12.4 Å². The van der Waals surface area contributed by atoms with Crippen LogP contribution in [0.1, 0.15) is 21.5 Å². The van der Waals surface area contributed by atoms with Crippen molar-refractivity contribution in [1.29, 1.82) is 0 Å². The summed E-state index contributed by atoms with van der Waals surface area (Å²) in [5.41, 5.74) is 2.38. The molecule has 150 valence electrons. The number of rotatable bonds is 8. The van der Waals surface area contributed by atoms with E-state index in [2.05, 4.69) is 5.32 Å². The van der Waals surface area contributed by atoms with Crippen molar-refractivity contribution in [3.63, 3.8) is 0 Å². The highest BCUT2D eigenvalue weighted by atomic mass is 35.5. The van der Waals surface area contributed by atoms with Gasteiger partial charge in [0.15, 0.2) is 11.5 Å². The van der Waals surface area contributed by atoms with E-state index in [9.17, 15) is 9.18 Å². The molecule has 3 rings (SSSR count). The number of hydrogen-bond acceptors (Lipinski definition) is 4. The molecule has 3 aromatic carbocycles. The smallest absolute Gasteiger partial charge is 0.337 e. The summed E-state index contributed by atoms with van der Waals surface area (Å²) in [4.78, 5) is 11.1. The minimum Gasteiger partial charge on any atom is -0.493 e.